The number of carbonyl (C=O) groups is 2. The molecule has 0 aliphatic heterocycles. The summed E-state index contributed by atoms with van der Waals surface area (Å²) >= 11 is 0. The molecule has 0 saturated heterocycles. The third-order valence-electron chi connectivity index (χ3n) is 4.17. The first-order valence-electron chi connectivity index (χ1n) is 8.66. The Kier molecular flexibility index (Phi) is 5.98. The summed E-state index contributed by atoms with van der Waals surface area (Å²) in [4.78, 5) is 28.2. The van der Waals surface area contributed by atoms with Crippen molar-refractivity contribution in [1.82, 2.24) is 15.5 Å². The van der Waals surface area contributed by atoms with Gasteiger partial charge in [-0.1, -0.05) is 38.1 Å². The first-order chi connectivity index (χ1) is 12.5. The highest BCUT2D eigenvalue weighted by Gasteiger charge is 2.36. The topological polar surface area (TPSA) is 105 Å². The van der Waals surface area contributed by atoms with Gasteiger partial charge in [0.1, 0.15) is 5.82 Å². The molecule has 1 unspecified atom stereocenters. The second-order valence-electron chi connectivity index (χ2n) is 7.60. The van der Waals surface area contributed by atoms with E-state index in [2.05, 4.69) is 15.5 Å². The van der Waals surface area contributed by atoms with Crippen molar-refractivity contribution >= 4 is 11.9 Å². The van der Waals surface area contributed by atoms with Gasteiger partial charge < -0.3 is 14.9 Å². The van der Waals surface area contributed by atoms with Crippen LogP contribution in [-0.2, 0) is 27.0 Å². The first-order valence-corrected chi connectivity index (χ1v) is 8.66. The number of aryl methyl sites for hydroxylation is 1. The fraction of sp³-hybridized carbons (Fsp3) is 0.474. The number of amides is 1. The number of carboxylic acids is 1. The fourth-order valence-corrected chi connectivity index (χ4v) is 2.43. The Morgan fingerprint density at radius 1 is 1.19 bits per heavy atom. The van der Waals surface area contributed by atoms with Gasteiger partial charge in [-0.2, -0.15) is 4.98 Å². The molecule has 8 heteroatoms. The molecule has 1 heterocycles. The van der Waals surface area contributed by atoms with Gasteiger partial charge in [0, 0.05) is 18.3 Å². The number of nitrogens with zero attached hydrogens (tertiary/aromatic N) is 2. The maximum absolute atomic E-state index is 13.1. The molecule has 0 aliphatic carbocycles. The fourth-order valence-electron chi connectivity index (χ4n) is 2.43. The summed E-state index contributed by atoms with van der Waals surface area (Å²) in [5.74, 6) is -1.11. The summed E-state index contributed by atoms with van der Waals surface area (Å²) < 4.78 is 18.3. The van der Waals surface area contributed by atoms with E-state index in [9.17, 15) is 19.1 Å². The van der Waals surface area contributed by atoms with Crippen LogP contribution in [-0.4, -0.2) is 27.1 Å². The lowest BCUT2D eigenvalue weighted by atomic mass is 9.91. The average Bonchev–Trinajstić information content (AvgIpc) is 3.04. The van der Waals surface area contributed by atoms with Crippen molar-refractivity contribution in [2.24, 2.45) is 0 Å². The SMILES string of the molecule is CC(C)(C)c1noc(CCCC(=O)NC(C)(C(=O)O)c2ccc(F)cc2)n1. The largest absolute Gasteiger partial charge is 0.479 e. The summed E-state index contributed by atoms with van der Waals surface area (Å²) in [6, 6.07) is 5.00. The van der Waals surface area contributed by atoms with Crippen LogP contribution in [0.1, 0.15) is 57.8 Å². The zero-order chi connectivity index (χ0) is 20.2. The molecule has 1 atom stereocenters. The second kappa shape index (κ2) is 7.85. The highest BCUT2D eigenvalue weighted by atomic mass is 19.1. The molecule has 0 bridgehead atoms. The summed E-state index contributed by atoms with van der Waals surface area (Å²) in [5, 5.41) is 16.0. The Morgan fingerprint density at radius 3 is 2.33 bits per heavy atom. The van der Waals surface area contributed by atoms with Crippen LogP contribution >= 0.6 is 0 Å². The van der Waals surface area contributed by atoms with Gasteiger partial charge in [-0.3, -0.25) is 4.79 Å². The number of aromatic nitrogens is 2. The van der Waals surface area contributed by atoms with Crippen molar-refractivity contribution in [2.75, 3.05) is 0 Å². The molecule has 0 radical (unpaired) electrons. The van der Waals surface area contributed by atoms with Gasteiger partial charge in [0.25, 0.3) is 0 Å². The highest BCUT2D eigenvalue weighted by molar-refractivity contribution is 5.87. The third kappa shape index (κ3) is 5.12. The van der Waals surface area contributed by atoms with E-state index in [1.807, 2.05) is 20.8 Å². The standard InChI is InChI=1S/C19H24FN3O4/c1-18(2,3)16-21-15(27-23-16)7-5-6-14(24)22-19(4,17(25)26)12-8-10-13(20)11-9-12/h8-11H,5-7H2,1-4H3,(H,22,24)(H,25,26). The molecule has 2 N–H and O–H groups in total. The van der Waals surface area contributed by atoms with Gasteiger partial charge in [0.15, 0.2) is 11.4 Å². The van der Waals surface area contributed by atoms with E-state index < -0.39 is 23.2 Å². The number of hydrogen-bond acceptors (Lipinski definition) is 5. The zero-order valence-electron chi connectivity index (χ0n) is 15.9. The highest BCUT2D eigenvalue weighted by Crippen LogP contribution is 2.22. The molecular formula is C19H24FN3O4. The molecule has 2 aromatic rings. The van der Waals surface area contributed by atoms with E-state index in [4.69, 9.17) is 4.52 Å². The zero-order valence-corrected chi connectivity index (χ0v) is 15.9. The van der Waals surface area contributed by atoms with Crippen molar-refractivity contribution < 1.29 is 23.6 Å². The number of hydrogen-bond donors (Lipinski definition) is 2. The quantitative estimate of drug-likeness (QED) is 0.769. The monoisotopic (exact) mass is 377 g/mol. The van der Waals surface area contributed by atoms with Crippen molar-refractivity contribution in [1.29, 1.82) is 0 Å². The van der Waals surface area contributed by atoms with Gasteiger partial charge >= 0.3 is 5.97 Å². The van der Waals surface area contributed by atoms with Gasteiger partial charge in [-0.25, -0.2) is 9.18 Å². The Balaban J connectivity index is 1.95. The Bertz CT molecular complexity index is 811. The van der Waals surface area contributed by atoms with Gasteiger partial charge in [-0.15, -0.1) is 0 Å². The first kappa shape index (κ1) is 20.5. The Labute approximate surface area is 157 Å². The average molecular weight is 377 g/mol. The number of halogens is 1. The molecule has 146 valence electrons. The van der Waals surface area contributed by atoms with Gasteiger partial charge in [-0.05, 0) is 31.0 Å². The number of benzene rings is 1. The van der Waals surface area contributed by atoms with Crippen LogP contribution in [0.25, 0.3) is 0 Å². The summed E-state index contributed by atoms with van der Waals surface area (Å²) in [7, 11) is 0. The van der Waals surface area contributed by atoms with E-state index in [1.54, 1.807) is 0 Å². The molecule has 0 fully saturated rings. The van der Waals surface area contributed by atoms with Crippen LogP contribution in [0.3, 0.4) is 0 Å². The van der Waals surface area contributed by atoms with Gasteiger partial charge in [0.05, 0.1) is 0 Å². The lowest BCUT2D eigenvalue weighted by Gasteiger charge is -2.26. The maximum atomic E-state index is 13.1. The second-order valence-corrected chi connectivity index (χ2v) is 7.60. The van der Waals surface area contributed by atoms with E-state index in [0.29, 0.717) is 24.6 Å². The maximum Gasteiger partial charge on any atom is 0.333 e. The minimum atomic E-state index is -1.64. The minimum Gasteiger partial charge on any atom is -0.479 e. The normalized spacial score (nSPS) is 13.8. The van der Waals surface area contributed by atoms with E-state index >= 15 is 0 Å². The lowest BCUT2D eigenvalue weighted by molar-refractivity contribution is -0.147. The van der Waals surface area contributed by atoms with Crippen LogP contribution in [0.4, 0.5) is 4.39 Å². The van der Waals surface area contributed by atoms with Crippen LogP contribution in [0, 0.1) is 5.82 Å². The number of aliphatic carboxylic acids is 1. The van der Waals surface area contributed by atoms with E-state index in [0.717, 1.165) is 12.1 Å². The summed E-state index contributed by atoms with van der Waals surface area (Å²) in [6.45, 7) is 7.28. The van der Waals surface area contributed by atoms with Crippen molar-refractivity contribution in [2.45, 2.75) is 57.9 Å². The molecule has 1 aromatic heterocycles. The molecule has 2 rings (SSSR count). The van der Waals surface area contributed by atoms with Crippen LogP contribution < -0.4 is 5.32 Å². The van der Waals surface area contributed by atoms with Crippen LogP contribution in [0.5, 0.6) is 0 Å². The van der Waals surface area contributed by atoms with Crippen LogP contribution in [0.2, 0.25) is 0 Å². The predicted octanol–water partition coefficient (Wildman–Crippen LogP) is 2.95. The molecule has 0 aliphatic rings. The Morgan fingerprint density at radius 2 is 1.81 bits per heavy atom. The smallest absolute Gasteiger partial charge is 0.333 e. The molecule has 27 heavy (non-hydrogen) atoms. The molecule has 0 spiro atoms. The van der Waals surface area contributed by atoms with Crippen molar-refractivity contribution in [3.63, 3.8) is 0 Å². The minimum absolute atomic E-state index is 0.0945. The Hall–Kier alpha value is -2.77. The predicted molar refractivity (Wildman–Crippen MR) is 95.5 cm³/mol. The number of nitrogens with one attached hydrogen (secondary N) is 1. The number of carboxylic acid groups (broad SMARTS) is 1. The summed E-state index contributed by atoms with van der Waals surface area (Å²) in [5.41, 5.74) is -1.58. The van der Waals surface area contributed by atoms with Crippen molar-refractivity contribution in [3.05, 3.63) is 47.4 Å². The lowest BCUT2D eigenvalue weighted by Crippen LogP contribution is -2.49. The molecule has 7 nitrogen and oxygen atoms in total. The third-order valence-corrected chi connectivity index (χ3v) is 4.17. The molecular weight excluding hydrogens is 353 g/mol. The van der Waals surface area contributed by atoms with E-state index in [1.165, 1.54) is 19.1 Å². The molecule has 0 saturated carbocycles. The van der Waals surface area contributed by atoms with Gasteiger partial charge in [0.2, 0.25) is 11.8 Å². The number of rotatable bonds is 7. The van der Waals surface area contributed by atoms with Crippen LogP contribution in [0.15, 0.2) is 28.8 Å². The number of carbonyl (C=O) groups excluding carboxylic acids is 1. The van der Waals surface area contributed by atoms with Crippen molar-refractivity contribution in [3.8, 4) is 0 Å². The molecule has 1 amide bonds. The molecule has 1 aromatic carbocycles. The summed E-state index contributed by atoms with van der Waals surface area (Å²) in [6.07, 6.45) is 0.935. The van der Waals surface area contributed by atoms with E-state index in [-0.39, 0.29) is 17.4 Å².